The zero-order valence-corrected chi connectivity index (χ0v) is 12.5. The van der Waals surface area contributed by atoms with Crippen molar-refractivity contribution in [2.24, 2.45) is 5.92 Å². The van der Waals surface area contributed by atoms with Crippen molar-refractivity contribution in [2.75, 3.05) is 19.6 Å². The summed E-state index contributed by atoms with van der Waals surface area (Å²) in [6.07, 6.45) is 5.47. The molecule has 21 heavy (non-hydrogen) atoms. The zero-order chi connectivity index (χ0) is 13.9. The third-order valence-corrected chi connectivity index (χ3v) is 6.23. The van der Waals surface area contributed by atoms with Gasteiger partial charge in [0.25, 0.3) is 0 Å². The Morgan fingerprint density at radius 2 is 1.48 bits per heavy atom. The molecule has 106 valence electrons. The van der Waals surface area contributed by atoms with Gasteiger partial charge in [0.15, 0.2) is 0 Å². The highest BCUT2D eigenvalue weighted by atomic mass is 15.4. The van der Waals surface area contributed by atoms with Crippen molar-refractivity contribution in [3.05, 3.63) is 53.6 Å². The molecule has 3 aliphatic heterocycles. The summed E-state index contributed by atoms with van der Waals surface area (Å²) in [6, 6.07) is 16.0. The molecule has 4 aliphatic rings. The monoisotopic (exact) mass is 276 g/mol. The second-order valence-electron chi connectivity index (χ2n) is 7.19. The van der Waals surface area contributed by atoms with E-state index in [1.165, 1.54) is 60.1 Å². The minimum atomic E-state index is 1.03. The first-order valence-electron chi connectivity index (χ1n) is 8.43. The lowest BCUT2D eigenvalue weighted by Crippen LogP contribution is -2.59. The lowest BCUT2D eigenvalue weighted by Gasteiger charge is -2.49. The topological polar surface area (TPSA) is 0 Å². The Morgan fingerprint density at radius 1 is 0.762 bits per heavy atom. The average molecular weight is 276 g/mol. The van der Waals surface area contributed by atoms with Crippen LogP contribution in [0.5, 0.6) is 0 Å². The van der Waals surface area contributed by atoms with Gasteiger partial charge in [0.05, 0.1) is 19.6 Å². The summed E-state index contributed by atoms with van der Waals surface area (Å²) in [6.45, 7) is 4.12. The maximum Gasteiger partial charge on any atom is 0.137 e. The first kappa shape index (κ1) is 12.0. The molecule has 2 aromatic rings. The quantitative estimate of drug-likeness (QED) is 0.579. The maximum atomic E-state index is 2.43. The van der Waals surface area contributed by atoms with Gasteiger partial charge in [-0.2, -0.15) is 0 Å². The molecule has 1 aliphatic carbocycles. The number of fused-ring (bicyclic) bond motifs is 6. The summed E-state index contributed by atoms with van der Waals surface area (Å²) < 4.78 is 1.27. The summed E-state index contributed by atoms with van der Waals surface area (Å²) in [5, 5.41) is 0. The molecule has 0 aromatic heterocycles. The van der Waals surface area contributed by atoms with E-state index in [1.54, 1.807) is 11.3 Å². The van der Waals surface area contributed by atoms with E-state index in [0.717, 1.165) is 12.3 Å². The Labute approximate surface area is 126 Å². The van der Waals surface area contributed by atoms with E-state index in [9.17, 15) is 0 Å². The summed E-state index contributed by atoms with van der Waals surface area (Å²) in [5.74, 6) is 1.03. The Balaban J connectivity index is 1.67. The third-order valence-electron chi connectivity index (χ3n) is 6.23. The van der Waals surface area contributed by atoms with Gasteiger partial charge in [-0.25, -0.2) is 0 Å². The van der Waals surface area contributed by atoms with Crippen molar-refractivity contribution in [3.8, 4) is 11.1 Å². The minimum absolute atomic E-state index is 1.03. The van der Waals surface area contributed by atoms with E-state index >= 15 is 0 Å². The van der Waals surface area contributed by atoms with Gasteiger partial charge in [0, 0.05) is 31.2 Å². The van der Waals surface area contributed by atoms with Crippen LogP contribution in [0.2, 0.25) is 0 Å². The van der Waals surface area contributed by atoms with Crippen LogP contribution in [0, 0.1) is 5.92 Å². The fourth-order valence-electron chi connectivity index (χ4n) is 5.00. The Morgan fingerprint density at radius 3 is 2.29 bits per heavy atom. The van der Waals surface area contributed by atoms with Crippen LogP contribution in [0.25, 0.3) is 11.1 Å². The lowest BCUT2D eigenvalue weighted by molar-refractivity contribution is 0.114. The smallest absolute Gasteiger partial charge is 0.137 e. The number of benzene rings is 2. The fraction of sp³-hybridized carbons (Fsp3) is 0.400. The first-order chi connectivity index (χ1) is 10.4. The molecular weight excluding hydrogens is 254 g/mol. The normalized spacial score (nSPS) is 29.2. The molecular formula is C20H22N+. The van der Waals surface area contributed by atoms with Gasteiger partial charge < -0.3 is 0 Å². The molecule has 0 atom stereocenters. The van der Waals surface area contributed by atoms with Gasteiger partial charge in [-0.3, -0.25) is 4.48 Å². The largest absolute Gasteiger partial charge is 0.291 e. The zero-order valence-electron chi connectivity index (χ0n) is 12.5. The molecule has 2 aromatic carbocycles. The van der Waals surface area contributed by atoms with Crippen LogP contribution in [0.3, 0.4) is 0 Å². The van der Waals surface area contributed by atoms with Crippen LogP contribution in [0.15, 0.2) is 42.5 Å². The second kappa shape index (κ2) is 4.20. The van der Waals surface area contributed by atoms with E-state index in [2.05, 4.69) is 42.5 Å². The molecule has 0 unspecified atom stereocenters. The number of nitrogens with zero attached hydrogens (tertiary/aromatic N) is 1. The summed E-state index contributed by atoms with van der Waals surface area (Å²) >= 11 is 0. The van der Waals surface area contributed by atoms with E-state index < -0.39 is 0 Å². The number of piperidine rings is 3. The molecule has 3 fully saturated rings. The van der Waals surface area contributed by atoms with Crippen molar-refractivity contribution in [2.45, 2.75) is 25.7 Å². The molecule has 0 N–H and O–H groups in total. The summed E-state index contributed by atoms with van der Waals surface area (Å²) in [5.41, 5.74) is 7.76. The highest BCUT2D eigenvalue weighted by molar-refractivity contribution is 5.81. The van der Waals surface area contributed by atoms with Crippen LogP contribution in [-0.4, -0.2) is 19.6 Å². The molecule has 2 bridgehead atoms. The standard InChI is InChI=1S/C20H22N/c1-2-5-17-16(4-1)14-19-18(17)6-3-7-20(19)21-11-8-15(9-12-21)10-13-21/h1-7,15H,8-14H2/q+1. The predicted molar refractivity (Wildman–Crippen MR) is 88.4 cm³/mol. The van der Waals surface area contributed by atoms with Crippen molar-refractivity contribution in [3.63, 3.8) is 0 Å². The average Bonchev–Trinajstić information content (AvgIpc) is 2.95. The SMILES string of the molecule is c1ccc2c(c1)Cc1c-2cccc1[N+]12CCC(CC1)CC2. The van der Waals surface area contributed by atoms with Crippen LogP contribution < -0.4 is 4.48 Å². The number of hydrogen-bond donors (Lipinski definition) is 0. The van der Waals surface area contributed by atoms with Crippen molar-refractivity contribution < 1.29 is 0 Å². The molecule has 3 heterocycles. The van der Waals surface area contributed by atoms with Crippen LogP contribution in [-0.2, 0) is 6.42 Å². The minimum Gasteiger partial charge on any atom is -0.291 e. The molecule has 3 saturated heterocycles. The Kier molecular flexibility index (Phi) is 2.40. The third kappa shape index (κ3) is 1.61. The van der Waals surface area contributed by atoms with Crippen molar-refractivity contribution in [1.82, 2.24) is 4.48 Å². The maximum absolute atomic E-state index is 2.43. The molecule has 0 amide bonds. The Bertz CT molecular complexity index is 694. The number of hydrogen-bond acceptors (Lipinski definition) is 0. The molecule has 0 spiro atoms. The fourth-order valence-corrected chi connectivity index (χ4v) is 5.00. The second-order valence-corrected chi connectivity index (χ2v) is 7.19. The summed E-state index contributed by atoms with van der Waals surface area (Å²) in [7, 11) is 0. The lowest BCUT2D eigenvalue weighted by atomic mass is 9.84. The van der Waals surface area contributed by atoms with E-state index in [1.807, 2.05) is 0 Å². The van der Waals surface area contributed by atoms with Crippen molar-refractivity contribution >= 4 is 5.69 Å². The van der Waals surface area contributed by atoms with Gasteiger partial charge >= 0.3 is 0 Å². The highest BCUT2D eigenvalue weighted by Gasteiger charge is 2.43. The number of quaternary nitrogens is 1. The molecule has 0 radical (unpaired) electrons. The molecule has 1 heteroatoms. The Hall–Kier alpha value is -1.60. The van der Waals surface area contributed by atoms with Crippen LogP contribution in [0.4, 0.5) is 5.69 Å². The highest BCUT2D eigenvalue weighted by Crippen LogP contribution is 2.46. The van der Waals surface area contributed by atoms with Gasteiger partial charge in [0.1, 0.15) is 5.69 Å². The molecule has 1 nitrogen and oxygen atoms in total. The molecule has 0 saturated carbocycles. The van der Waals surface area contributed by atoms with Crippen LogP contribution in [0.1, 0.15) is 30.4 Å². The van der Waals surface area contributed by atoms with Crippen molar-refractivity contribution in [1.29, 1.82) is 0 Å². The molecule has 6 rings (SSSR count). The summed E-state index contributed by atoms with van der Waals surface area (Å²) in [4.78, 5) is 0. The van der Waals surface area contributed by atoms with E-state index in [0.29, 0.717) is 0 Å². The van der Waals surface area contributed by atoms with Gasteiger partial charge in [-0.1, -0.05) is 36.4 Å². The van der Waals surface area contributed by atoms with Gasteiger partial charge in [-0.15, -0.1) is 0 Å². The van der Waals surface area contributed by atoms with E-state index in [-0.39, 0.29) is 0 Å². The predicted octanol–water partition coefficient (Wildman–Crippen LogP) is 4.38. The number of rotatable bonds is 1. The van der Waals surface area contributed by atoms with Crippen LogP contribution >= 0.6 is 0 Å². The van der Waals surface area contributed by atoms with Gasteiger partial charge in [0.2, 0.25) is 0 Å². The van der Waals surface area contributed by atoms with E-state index in [4.69, 9.17) is 0 Å². The first-order valence-corrected chi connectivity index (χ1v) is 8.43. The van der Waals surface area contributed by atoms with Gasteiger partial charge in [-0.05, 0) is 28.7 Å².